The normalized spacial score (nSPS) is 48.4. The molecule has 0 nitrogen and oxygen atoms in total. The molecule has 0 aromatic rings. The minimum atomic E-state index is -3.72. The van der Waals surface area contributed by atoms with E-state index >= 15 is 0 Å². The van der Waals surface area contributed by atoms with Crippen molar-refractivity contribution in [1.29, 1.82) is 0 Å². The number of hydrogen-bond donors (Lipinski definition) is 0. The van der Waals surface area contributed by atoms with Gasteiger partial charge in [-0.3, -0.25) is 0 Å². The standard InChI is InChI=1S/C10H6Cl2F6/c11-9(17)5(3-7(9,13)14)1-2-6-4-8(15,16)10(6,12)18/h5-6H,3-4H2. The van der Waals surface area contributed by atoms with Gasteiger partial charge in [-0.2, -0.15) is 0 Å². The topological polar surface area (TPSA) is 0 Å². The van der Waals surface area contributed by atoms with Gasteiger partial charge < -0.3 is 0 Å². The van der Waals surface area contributed by atoms with Gasteiger partial charge in [-0.05, 0) is 0 Å². The van der Waals surface area contributed by atoms with Crippen LogP contribution in [0.2, 0.25) is 0 Å². The van der Waals surface area contributed by atoms with E-state index in [1.165, 1.54) is 0 Å². The lowest BCUT2D eigenvalue weighted by molar-refractivity contribution is -0.193. The first-order valence-electron chi connectivity index (χ1n) is 4.94. The van der Waals surface area contributed by atoms with Crippen LogP contribution in [0.5, 0.6) is 0 Å². The van der Waals surface area contributed by atoms with E-state index in [9.17, 15) is 26.3 Å². The van der Waals surface area contributed by atoms with Gasteiger partial charge in [-0.25, -0.2) is 26.3 Å². The van der Waals surface area contributed by atoms with Crippen LogP contribution in [0.15, 0.2) is 0 Å². The van der Waals surface area contributed by atoms with Crippen LogP contribution < -0.4 is 0 Å². The van der Waals surface area contributed by atoms with Gasteiger partial charge in [-0.15, -0.1) is 0 Å². The van der Waals surface area contributed by atoms with Crippen LogP contribution in [-0.4, -0.2) is 22.1 Å². The second-order valence-corrected chi connectivity index (χ2v) is 5.56. The molecule has 0 bridgehead atoms. The van der Waals surface area contributed by atoms with E-state index in [2.05, 4.69) is 0 Å². The lowest BCUT2D eigenvalue weighted by Gasteiger charge is -2.44. The zero-order chi connectivity index (χ0) is 14.0. The third-order valence-corrected chi connectivity index (χ3v) is 4.28. The molecule has 0 radical (unpaired) electrons. The molecule has 18 heavy (non-hydrogen) atoms. The van der Waals surface area contributed by atoms with Gasteiger partial charge in [0, 0.05) is 12.8 Å². The molecule has 4 unspecified atom stereocenters. The van der Waals surface area contributed by atoms with Crippen molar-refractivity contribution >= 4 is 23.2 Å². The first-order chi connectivity index (χ1) is 7.92. The smallest absolute Gasteiger partial charge is 0.218 e. The maximum absolute atomic E-state index is 13.2. The second-order valence-electron chi connectivity index (χ2n) is 4.46. The van der Waals surface area contributed by atoms with Gasteiger partial charge >= 0.3 is 0 Å². The fraction of sp³-hybridized carbons (Fsp3) is 0.800. The van der Waals surface area contributed by atoms with Crippen molar-refractivity contribution in [2.24, 2.45) is 11.8 Å². The average molecular weight is 311 g/mol. The first-order valence-corrected chi connectivity index (χ1v) is 5.70. The van der Waals surface area contributed by atoms with Crippen molar-refractivity contribution < 1.29 is 26.3 Å². The molecule has 2 aliphatic carbocycles. The van der Waals surface area contributed by atoms with Crippen LogP contribution in [0, 0.1) is 23.7 Å². The number of halogens is 8. The van der Waals surface area contributed by atoms with E-state index in [4.69, 9.17) is 23.2 Å². The summed E-state index contributed by atoms with van der Waals surface area (Å²) in [6, 6.07) is 0. The van der Waals surface area contributed by atoms with E-state index < -0.39 is 46.8 Å². The Morgan fingerprint density at radius 3 is 1.17 bits per heavy atom. The Bertz CT molecular complexity index is 395. The molecular weight excluding hydrogens is 305 g/mol. The van der Waals surface area contributed by atoms with Crippen molar-refractivity contribution in [2.45, 2.75) is 34.9 Å². The Hall–Kier alpha value is -0.280. The monoisotopic (exact) mass is 310 g/mol. The predicted octanol–water partition coefficient (Wildman–Crippen LogP) is 4.11. The summed E-state index contributed by atoms with van der Waals surface area (Å²) in [6.45, 7) is 0. The molecule has 2 rings (SSSR count). The Morgan fingerprint density at radius 2 is 1.00 bits per heavy atom. The Kier molecular flexibility index (Phi) is 2.85. The summed E-state index contributed by atoms with van der Waals surface area (Å²) >= 11 is 9.88. The molecule has 102 valence electrons. The highest BCUT2D eigenvalue weighted by molar-refractivity contribution is 6.25. The molecule has 2 fully saturated rings. The number of rotatable bonds is 0. The van der Waals surface area contributed by atoms with Gasteiger partial charge in [0.15, 0.2) is 0 Å². The SMILES string of the molecule is FC1(F)CC(C#CC2CC(F)(F)C2(F)Cl)C1(F)Cl. The molecule has 2 saturated carbocycles. The van der Waals surface area contributed by atoms with Crippen LogP contribution in [0.25, 0.3) is 0 Å². The molecule has 2 aliphatic rings. The Morgan fingerprint density at radius 1 is 0.722 bits per heavy atom. The summed E-state index contributed by atoms with van der Waals surface area (Å²) < 4.78 is 77.1. The minimum Gasteiger partial charge on any atom is -0.218 e. The summed E-state index contributed by atoms with van der Waals surface area (Å²) in [5, 5.41) is -6.67. The third kappa shape index (κ3) is 1.70. The highest BCUT2D eigenvalue weighted by Crippen LogP contribution is 2.58. The summed E-state index contributed by atoms with van der Waals surface area (Å²) in [4.78, 5) is 0. The highest BCUT2D eigenvalue weighted by Gasteiger charge is 2.71. The molecule has 8 heteroatoms. The molecule has 0 saturated heterocycles. The van der Waals surface area contributed by atoms with Crippen molar-refractivity contribution in [3.63, 3.8) is 0 Å². The fourth-order valence-electron chi connectivity index (χ4n) is 1.77. The molecule has 0 aromatic heterocycles. The van der Waals surface area contributed by atoms with E-state index in [-0.39, 0.29) is 0 Å². The zero-order valence-electron chi connectivity index (χ0n) is 8.59. The van der Waals surface area contributed by atoms with Crippen LogP contribution in [0.3, 0.4) is 0 Å². The van der Waals surface area contributed by atoms with Gasteiger partial charge in [-0.1, -0.05) is 35.0 Å². The average Bonchev–Trinajstić information content (AvgIpc) is 2.21. The maximum Gasteiger partial charge on any atom is 0.297 e. The van der Waals surface area contributed by atoms with Crippen molar-refractivity contribution in [1.82, 2.24) is 0 Å². The second kappa shape index (κ2) is 3.63. The van der Waals surface area contributed by atoms with Gasteiger partial charge in [0.05, 0.1) is 11.8 Å². The Balaban J connectivity index is 2.05. The molecule has 0 amide bonds. The summed E-state index contributed by atoms with van der Waals surface area (Å²) in [5.41, 5.74) is 0. The van der Waals surface area contributed by atoms with Crippen molar-refractivity contribution in [3.05, 3.63) is 0 Å². The van der Waals surface area contributed by atoms with Crippen LogP contribution in [0.4, 0.5) is 26.3 Å². The minimum absolute atomic E-state index is 0.926. The summed E-state index contributed by atoms with van der Waals surface area (Å²) in [5.74, 6) is -6.54. The summed E-state index contributed by atoms with van der Waals surface area (Å²) in [6.07, 6.45) is -1.85. The quantitative estimate of drug-likeness (QED) is 0.359. The largest absolute Gasteiger partial charge is 0.297 e. The Labute approximate surface area is 109 Å². The zero-order valence-corrected chi connectivity index (χ0v) is 10.1. The van der Waals surface area contributed by atoms with Crippen LogP contribution in [-0.2, 0) is 0 Å². The lowest BCUT2D eigenvalue weighted by atomic mass is 9.75. The molecule has 0 heterocycles. The van der Waals surface area contributed by atoms with E-state index in [1.807, 2.05) is 11.8 Å². The van der Waals surface area contributed by atoms with E-state index in [1.54, 1.807) is 0 Å². The van der Waals surface area contributed by atoms with E-state index in [0.29, 0.717) is 0 Å². The molecule has 0 aliphatic heterocycles. The highest BCUT2D eigenvalue weighted by atomic mass is 35.5. The molecule has 0 N–H and O–H groups in total. The number of hydrogen-bond acceptors (Lipinski definition) is 0. The van der Waals surface area contributed by atoms with Crippen molar-refractivity contribution in [2.75, 3.05) is 0 Å². The van der Waals surface area contributed by atoms with Crippen LogP contribution >= 0.6 is 23.2 Å². The third-order valence-electron chi connectivity index (χ3n) is 3.20. The fourth-order valence-corrected chi connectivity index (χ4v) is 2.19. The molecule has 0 aromatic carbocycles. The van der Waals surface area contributed by atoms with Gasteiger partial charge in [0.25, 0.3) is 22.1 Å². The van der Waals surface area contributed by atoms with Crippen LogP contribution in [0.1, 0.15) is 12.8 Å². The first kappa shape index (κ1) is 14.1. The molecule has 0 spiro atoms. The lowest BCUT2D eigenvalue weighted by Crippen LogP contribution is -2.58. The summed E-state index contributed by atoms with van der Waals surface area (Å²) in [7, 11) is 0. The van der Waals surface area contributed by atoms with Crippen molar-refractivity contribution in [3.8, 4) is 11.8 Å². The number of alkyl halides is 8. The van der Waals surface area contributed by atoms with Gasteiger partial charge in [0.1, 0.15) is 0 Å². The molecular formula is C10H6Cl2F6. The van der Waals surface area contributed by atoms with Gasteiger partial charge in [0.2, 0.25) is 0 Å². The predicted molar refractivity (Wildman–Crippen MR) is 53.3 cm³/mol. The maximum atomic E-state index is 13.2. The van der Waals surface area contributed by atoms with E-state index in [0.717, 1.165) is 0 Å². The molecule has 4 atom stereocenters.